The summed E-state index contributed by atoms with van der Waals surface area (Å²) in [5, 5.41) is 0. The van der Waals surface area contributed by atoms with Gasteiger partial charge in [-0.15, -0.1) is 0 Å². The number of aryl methyl sites for hydroxylation is 1. The molecule has 25 heavy (non-hydrogen) atoms. The van der Waals surface area contributed by atoms with E-state index in [-0.39, 0.29) is 5.82 Å². The second kappa shape index (κ2) is 6.84. The van der Waals surface area contributed by atoms with Crippen LogP contribution in [0.4, 0.5) is 4.39 Å². The first-order chi connectivity index (χ1) is 11.9. The molecule has 0 atom stereocenters. The van der Waals surface area contributed by atoms with Gasteiger partial charge in [-0.3, -0.25) is 0 Å². The van der Waals surface area contributed by atoms with Crippen molar-refractivity contribution >= 4 is 9.84 Å². The third kappa shape index (κ3) is 3.66. The predicted molar refractivity (Wildman–Crippen MR) is 98.3 cm³/mol. The maximum absolute atomic E-state index is 13.2. The fraction of sp³-hybridized carbons (Fsp3) is 0.200. The van der Waals surface area contributed by atoms with Crippen LogP contribution in [0.25, 0.3) is 16.9 Å². The highest BCUT2D eigenvalue weighted by atomic mass is 32.2. The fourth-order valence-corrected chi connectivity index (χ4v) is 3.55. The van der Waals surface area contributed by atoms with Gasteiger partial charge in [0.05, 0.1) is 10.6 Å². The standard InChI is InChI=1S/C20H20FNO2S/c1-3-4-17-11-14-20(15-5-7-16(21)8-6-15)22(17)18-9-12-19(13-10-18)25(2,23)24/h5-14H,3-4H2,1-2H3. The summed E-state index contributed by atoms with van der Waals surface area (Å²) >= 11 is 0. The van der Waals surface area contributed by atoms with Crippen molar-refractivity contribution in [3.8, 4) is 16.9 Å². The monoisotopic (exact) mass is 357 g/mol. The highest BCUT2D eigenvalue weighted by Crippen LogP contribution is 2.28. The molecule has 0 spiro atoms. The van der Waals surface area contributed by atoms with Crippen molar-refractivity contribution in [1.82, 2.24) is 4.57 Å². The first-order valence-corrected chi connectivity index (χ1v) is 10.1. The van der Waals surface area contributed by atoms with Gasteiger partial charge in [0.1, 0.15) is 5.82 Å². The zero-order chi connectivity index (χ0) is 18.0. The molecular formula is C20H20FNO2S. The van der Waals surface area contributed by atoms with E-state index in [0.29, 0.717) is 4.90 Å². The minimum absolute atomic E-state index is 0.270. The Balaban J connectivity index is 2.13. The Bertz CT molecular complexity index is 972. The van der Waals surface area contributed by atoms with Gasteiger partial charge in [-0.05, 0) is 72.6 Å². The molecule has 1 aromatic heterocycles. The number of benzene rings is 2. The topological polar surface area (TPSA) is 39.1 Å². The molecule has 0 aliphatic rings. The lowest BCUT2D eigenvalue weighted by molar-refractivity contribution is 0.602. The zero-order valence-electron chi connectivity index (χ0n) is 14.2. The number of sulfone groups is 1. The molecule has 3 rings (SSSR count). The zero-order valence-corrected chi connectivity index (χ0v) is 15.1. The maximum Gasteiger partial charge on any atom is 0.175 e. The van der Waals surface area contributed by atoms with Gasteiger partial charge in [-0.1, -0.05) is 13.3 Å². The molecule has 0 saturated carbocycles. The summed E-state index contributed by atoms with van der Waals surface area (Å²) in [6.07, 6.45) is 3.09. The van der Waals surface area contributed by atoms with Gasteiger partial charge in [-0.25, -0.2) is 12.8 Å². The van der Waals surface area contributed by atoms with E-state index in [1.54, 1.807) is 24.3 Å². The summed E-state index contributed by atoms with van der Waals surface area (Å²) in [5.41, 5.74) is 3.89. The number of aromatic nitrogens is 1. The molecule has 0 aliphatic carbocycles. The Hall–Kier alpha value is -2.40. The lowest BCUT2D eigenvalue weighted by Gasteiger charge is -2.14. The van der Waals surface area contributed by atoms with Gasteiger partial charge in [0.25, 0.3) is 0 Å². The van der Waals surface area contributed by atoms with Crippen LogP contribution in [-0.4, -0.2) is 19.2 Å². The van der Waals surface area contributed by atoms with Gasteiger partial charge >= 0.3 is 0 Å². The Kier molecular flexibility index (Phi) is 4.77. The van der Waals surface area contributed by atoms with Crippen LogP contribution in [0.1, 0.15) is 19.0 Å². The van der Waals surface area contributed by atoms with E-state index >= 15 is 0 Å². The molecule has 0 unspecified atom stereocenters. The number of hydrogen-bond donors (Lipinski definition) is 0. The van der Waals surface area contributed by atoms with Gasteiger partial charge in [0.15, 0.2) is 9.84 Å². The smallest absolute Gasteiger partial charge is 0.175 e. The molecule has 2 aromatic carbocycles. The molecule has 0 fully saturated rings. The van der Waals surface area contributed by atoms with Crippen molar-refractivity contribution in [2.24, 2.45) is 0 Å². The highest BCUT2D eigenvalue weighted by Gasteiger charge is 2.13. The molecule has 0 saturated heterocycles. The van der Waals surface area contributed by atoms with E-state index in [2.05, 4.69) is 17.6 Å². The van der Waals surface area contributed by atoms with Gasteiger partial charge < -0.3 is 4.57 Å². The Morgan fingerprint density at radius 1 is 0.920 bits per heavy atom. The second-order valence-electron chi connectivity index (χ2n) is 6.07. The van der Waals surface area contributed by atoms with Crippen LogP contribution < -0.4 is 0 Å². The average Bonchev–Trinajstić information content (AvgIpc) is 2.99. The largest absolute Gasteiger partial charge is 0.314 e. The average molecular weight is 357 g/mol. The third-order valence-corrected chi connectivity index (χ3v) is 5.26. The molecule has 1 heterocycles. The third-order valence-electron chi connectivity index (χ3n) is 4.13. The minimum Gasteiger partial charge on any atom is -0.314 e. The van der Waals surface area contributed by atoms with E-state index in [9.17, 15) is 12.8 Å². The molecule has 130 valence electrons. The number of hydrogen-bond acceptors (Lipinski definition) is 2. The van der Waals surface area contributed by atoms with Crippen molar-refractivity contribution in [2.45, 2.75) is 24.7 Å². The normalized spacial score (nSPS) is 11.6. The molecule has 3 aromatic rings. The number of rotatable bonds is 5. The van der Waals surface area contributed by atoms with Crippen LogP contribution in [0.5, 0.6) is 0 Å². The quantitative estimate of drug-likeness (QED) is 0.667. The Morgan fingerprint density at radius 2 is 1.56 bits per heavy atom. The van der Waals surface area contributed by atoms with E-state index in [1.807, 2.05) is 18.2 Å². The first kappa shape index (κ1) is 17.4. The van der Waals surface area contributed by atoms with Gasteiger partial charge in [-0.2, -0.15) is 0 Å². The molecule has 0 bridgehead atoms. The number of halogens is 1. The predicted octanol–water partition coefficient (Wildman–Crippen LogP) is 4.64. The van der Waals surface area contributed by atoms with Crippen molar-refractivity contribution in [2.75, 3.05) is 6.26 Å². The first-order valence-electron chi connectivity index (χ1n) is 8.17. The molecule has 0 amide bonds. The van der Waals surface area contributed by atoms with Crippen molar-refractivity contribution in [3.63, 3.8) is 0 Å². The molecule has 0 aliphatic heterocycles. The maximum atomic E-state index is 13.2. The van der Waals surface area contributed by atoms with Crippen molar-refractivity contribution in [1.29, 1.82) is 0 Å². The molecule has 0 N–H and O–H groups in total. The van der Waals surface area contributed by atoms with E-state index in [4.69, 9.17) is 0 Å². The van der Waals surface area contributed by atoms with Crippen LogP contribution in [0.3, 0.4) is 0 Å². The fourth-order valence-electron chi connectivity index (χ4n) is 2.92. The lowest BCUT2D eigenvalue weighted by atomic mass is 10.1. The summed E-state index contributed by atoms with van der Waals surface area (Å²) in [4.78, 5) is 0.295. The summed E-state index contributed by atoms with van der Waals surface area (Å²) in [7, 11) is -3.23. The minimum atomic E-state index is -3.23. The van der Waals surface area contributed by atoms with Crippen LogP contribution in [-0.2, 0) is 16.3 Å². The van der Waals surface area contributed by atoms with Crippen LogP contribution in [0, 0.1) is 5.82 Å². The van der Waals surface area contributed by atoms with Crippen LogP contribution in [0.2, 0.25) is 0 Å². The molecule has 3 nitrogen and oxygen atoms in total. The molecule has 0 radical (unpaired) electrons. The lowest BCUT2D eigenvalue weighted by Crippen LogP contribution is -2.03. The van der Waals surface area contributed by atoms with Crippen LogP contribution >= 0.6 is 0 Å². The van der Waals surface area contributed by atoms with E-state index < -0.39 is 9.84 Å². The second-order valence-corrected chi connectivity index (χ2v) is 8.08. The summed E-state index contributed by atoms with van der Waals surface area (Å²) < 4.78 is 38.7. The Morgan fingerprint density at radius 3 is 2.12 bits per heavy atom. The molecule has 5 heteroatoms. The van der Waals surface area contributed by atoms with Gasteiger partial charge in [0, 0.05) is 17.6 Å². The summed E-state index contributed by atoms with van der Waals surface area (Å²) in [6.45, 7) is 2.11. The highest BCUT2D eigenvalue weighted by molar-refractivity contribution is 7.90. The van der Waals surface area contributed by atoms with E-state index in [0.717, 1.165) is 35.5 Å². The summed E-state index contributed by atoms with van der Waals surface area (Å²) in [5.74, 6) is -0.270. The van der Waals surface area contributed by atoms with Crippen molar-refractivity contribution in [3.05, 3.63) is 72.2 Å². The SMILES string of the molecule is CCCc1ccc(-c2ccc(F)cc2)n1-c1ccc(S(C)(=O)=O)cc1. The molecular weight excluding hydrogens is 337 g/mol. The van der Waals surface area contributed by atoms with Crippen molar-refractivity contribution < 1.29 is 12.8 Å². The van der Waals surface area contributed by atoms with E-state index in [1.165, 1.54) is 18.4 Å². The summed E-state index contributed by atoms with van der Waals surface area (Å²) in [6, 6.07) is 17.3. The van der Waals surface area contributed by atoms with Crippen LogP contribution in [0.15, 0.2) is 65.6 Å². The van der Waals surface area contributed by atoms with Gasteiger partial charge in [0.2, 0.25) is 0 Å². The number of nitrogens with zero attached hydrogens (tertiary/aromatic N) is 1. The Labute approximate surface area is 147 Å².